The fraction of sp³-hybridized carbons (Fsp3) is 0.280. The van der Waals surface area contributed by atoms with Crippen LogP contribution in [-0.2, 0) is 24.3 Å². The zero-order valence-electron chi connectivity index (χ0n) is 18.9. The maximum atomic E-state index is 13.0. The van der Waals surface area contributed by atoms with E-state index >= 15 is 0 Å². The summed E-state index contributed by atoms with van der Waals surface area (Å²) < 4.78 is 3.00. The second kappa shape index (κ2) is 8.78. The molecule has 0 bridgehead atoms. The Morgan fingerprint density at radius 2 is 1.69 bits per heavy atom. The monoisotopic (exact) mass is 429 g/mol. The summed E-state index contributed by atoms with van der Waals surface area (Å²) in [5, 5.41) is 4.77. The van der Waals surface area contributed by atoms with Gasteiger partial charge in [-0.15, -0.1) is 0 Å². The van der Waals surface area contributed by atoms with Crippen LogP contribution in [0, 0.1) is 13.8 Å². The molecule has 0 radical (unpaired) electrons. The number of rotatable bonds is 6. The van der Waals surface area contributed by atoms with Gasteiger partial charge in [-0.25, -0.2) is 9.67 Å². The molecular weight excluding hydrogens is 402 g/mol. The maximum absolute atomic E-state index is 13.0. The van der Waals surface area contributed by atoms with Gasteiger partial charge >= 0.3 is 0 Å². The van der Waals surface area contributed by atoms with Crippen LogP contribution in [0.4, 0.5) is 0 Å². The number of fused-ring (bicyclic) bond motifs is 1. The topological polar surface area (TPSA) is 73.0 Å². The Hall–Kier alpha value is -3.74. The molecule has 32 heavy (non-hydrogen) atoms. The van der Waals surface area contributed by atoms with Crippen molar-refractivity contribution in [3.05, 3.63) is 87.6 Å². The third-order valence-electron chi connectivity index (χ3n) is 5.59. The first-order valence-electron chi connectivity index (χ1n) is 10.7. The summed E-state index contributed by atoms with van der Waals surface area (Å²) in [7, 11) is 1.74. The molecule has 7 nitrogen and oxygen atoms in total. The van der Waals surface area contributed by atoms with Crippen LogP contribution in [0.15, 0.2) is 59.8 Å². The number of benzene rings is 2. The number of amides is 1. The number of likely N-dealkylation sites (N-methyl/N-ethyl adjacent to an activating group) is 1. The van der Waals surface area contributed by atoms with Crippen LogP contribution < -0.4 is 5.56 Å². The zero-order valence-corrected chi connectivity index (χ0v) is 18.9. The van der Waals surface area contributed by atoms with E-state index in [0.717, 1.165) is 28.8 Å². The molecule has 2 heterocycles. The summed E-state index contributed by atoms with van der Waals surface area (Å²) in [6.45, 7) is 6.56. The number of aromatic nitrogens is 4. The smallest absolute Gasteiger partial charge is 0.264 e. The van der Waals surface area contributed by atoms with E-state index in [1.807, 2.05) is 38.1 Å². The fourth-order valence-corrected chi connectivity index (χ4v) is 3.83. The van der Waals surface area contributed by atoms with Gasteiger partial charge in [0, 0.05) is 13.6 Å². The summed E-state index contributed by atoms with van der Waals surface area (Å²) in [5.74, 6) is -0.158. The highest BCUT2D eigenvalue weighted by molar-refractivity contribution is 5.78. The predicted molar refractivity (Wildman–Crippen MR) is 125 cm³/mol. The van der Waals surface area contributed by atoms with E-state index in [4.69, 9.17) is 0 Å². The lowest BCUT2D eigenvalue weighted by atomic mass is 10.1. The fourth-order valence-electron chi connectivity index (χ4n) is 3.83. The molecule has 0 N–H and O–H groups in total. The van der Waals surface area contributed by atoms with Crippen LogP contribution in [-0.4, -0.2) is 37.2 Å². The van der Waals surface area contributed by atoms with E-state index in [1.165, 1.54) is 22.7 Å². The van der Waals surface area contributed by atoms with Crippen molar-refractivity contribution in [2.75, 3.05) is 7.05 Å². The molecule has 0 spiro atoms. The summed E-state index contributed by atoms with van der Waals surface area (Å²) in [6.07, 6.45) is 3.92. The summed E-state index contributed by atoms with van der Waals surface area (Å²) in [6, 6.07) is 14.3. The van der Waals surface area contributed by atoms with Crippen molar-refractivity contribution in [2.24, 2.45) is 0 Å². The minimum absolute atomic E-state index is 0.0694. The van der Waals surface area contributed by atoms with Gasteiger partial charge in [0.2, 0.25) is 5.91 Å². The third kappa shape index (κ3) is 4.32. The van der Waals surface area contributed by atoms with Gasteiger partial charge in [-0.1, -0.05) is 37.3 Å². The predicted octanol–water partition coefficient (Wildman–Crippen LogP) is 3.42. The molecule has 2 aromatic heterocycles. The zero-order chi connectivity index (χ0) is 22.8. The molecule has 4 aromatic rings. The van der Waals surface area contributed by atoms with Gasteiger partial charge in [0.15, 0.2) is 5.65 Å². The van der Waals surface area contributed by atoms with Crippen molar-refractivity contribution in [1.82, 2.24) is 24.2 Å². The molecule has 0 unspecified atom stereocenters. The first-order valence-corrected chi connectivity index (χ1v) is 10.7. The van der Waals surface area contributed by atoms with Gasteiger partial charge in [0.1, 0.15) is 18.3 Å². The molecule has 0 atom stereocenters. The number of hydrogen-bond donors (Lipinski definition) is 0. The van der Waals surface area contributed by atoms with E-state index in [-0.39, 0.29) is 18.0 Å². The van der Waals surface area contributed by atoms with Crippen LogP contribution >= 0.6 is 0 Å². The van der Waals surface area contributed by atoms with Gasteiger partial charge in [0.25, 0.3) is 5.56 Å². The molecule has 164 valence electrons. The number of hydrogen-bond acceptors (Lipinski definition) is 4. The number of nitrogens with zero attached hydrogens (tertiary/aromatic N) is 5. The van der Waals surface area contributed by atoms with Gasteiger partial charge < -0.3 is 4.90 Å². The molecule has 1 amide bonds. The Bertz CT molecular complexity index is 1310. The lowest BCUT2D eigenvalue weighted by Gasteiger charge is -2.18. The van der Waals surface area contributed by atoms with Crippen molar-refractivity contribution in [3.8, 4) is 5.69 Å². The third-order valence-corrected chi connectivity index (χ3v) is 5.59. The number of aryl methyl sites for hydroxylation is 3. The molecular formula is C25H27N5O2. The molecule has 0 aliphatic rings. The van der Waals surface area contributed by atoms with Crippen LogP contribution in [0.1, 0.15) is 29.2 Å². The Morgan fingerprint density at radius 1 is 1.03 bits per heavy atom. The Labute approximate surface area is 186 Å². The minimum Gasteiger partial charge on any atom is -0.340 e. The Balaban J connectivity index is 1.55. The maximum Gasteiger partial charge on any atom is 0.264 e. The molecule has 7 heteroatoms. The SMILES string of the molecule is CCc1ccc(CN(C)C(=O)Cn2cnc3c(cnn3-c3cc(C)cc(C)c3)c2=O)cc1. The van der Waals surface area contributed by atoms with Crippen LogP contribution in [0.2, 0.25) is 0 Å². The average Bonchev–Trinajstić information content (AvgIpc) is 3.20. The second-order valence-electron chi connectivity index (χ2n) is 8.24. The normalized spacial score (nSPS) is 11.1. The quantitative estimate of drug-likeness (QED) is 0.471. The summed E-state index contributed by atoms with van der Waals surface area (Å²) >= 11 is 0. The number of carbonyl (C=O) groups is 1. The van der Waals surface area contributed by atoms with Crippen molar-refractivity contribution < 1.29 is 4.79 Å². The van der Waals surface area contributed by atoms with Gasteiger partial charge in [-0.3, -0.25) is 14.2 Å². The molecule has 4 rings (SSSR count). The van der Waals surface area contributed by atoms with Crippen molar-refractivity contribution >= 4 is 16.9 Å². The Kier molecular flexibility index (Phi) is 5.90. The standard InChI is InChI=1S/C25H27N5O2/c1-5-19-6-8-20(9-7-19)14-28(4)23(31)15-29-16-26-24-22(25(29)32)13-27-30(24)21-11-17(2)10-18(3)12-21/h6-13,16H,5,14-15H2,1-4H3. The van der Waals surface area contributed by atoms with E-state index < -0.39 is 0 Å². The second-order valence-corrected chi connectivity index (χ2v) is 8.24. The lowest BCUT2D eigenvalue weighted by Crippen LogP contribution is -2.33. The van der Waals surface area contributed by atoms with Gasteiger partial charge in [-0.05, 0) is 54.7 Å². The molecule has 0 fully saturated rings. The molecule has 0 saturated carbocycles. The van der Waals surface area contributed by atoms with Gasteiger partial charge in [-0.2, -0.15) is 5.10 Å². The summed E-state index contributed by atoms with van der Waals surface area (Å²) in [4.78, 5) is 31.8. The lowest BCUT2D eigenvalue weighted by molar-refractivity contribution is -0.131. The van der Waals surface area contributed by atoms with E-state index in [2.05, 4.69) is 35.2 Å². The first-order chi connectivity index (χ1) is 15.4. The molecule has 2 aromatic carbocycles. The molecule has 0 saturated heterocycles. The van der Waals surface area contributed by atoms with Crippen LogP contribution in [0.3, 0.4) is 0 Å². The average molecular weight is 430 g/mol. The Morgan fingerprint density at radius 3 is 2.34 bits per heavy atom. The highest BCUT2D eigenvalue weighted by Crippen LogP contribution is 2.17. The van der Waals surface area contributed by atoms with Gasteiger partial charge in [0.05, 0.1) is 11.9 Å². The van der Waals surface area contributed by atoms with E-state index in [9.17, 15) is 9.59 Å². The van der Waals surface area contributed by atoms with Crippen molar-refractivity contribution in [2.45, 2.75) is 40.3 Å². The highest BCUT2D eigenvalue weighted by atomic mass is 16.2. The van der Waals surface area contributed by atoms with Crippen molar-refractivity contribution in [3.63, 3.8) is 0 Å². The van der Waals surface area contributed by atoms with E-state index in [1.54, 1.807) is 16.6 Å². The molecule has 0 aliphatic carbocycles. The van der Waals surface area contributed by atoms with Crippen LogP contribution in [0.25, 0.3) is 16.7 Å². The minimum atomic E-state index is -0.278. The highest BCUT2D eigenvalue weighted by Gasteiger charge is 2.16. The first kappa shape index (κ1) is 21.5. The molecule has 0 aliphatic heterocycles. The van der Waals surface area contributed by atoms with Crippen molar-refractivity contribution in [1.29, 1.82) is 0 Å². The number of carbonyl (C=O) groups excluding carboxylic acids is 1. The largest absolute Gasteiger partial charge is 0.340 e. The van der Waals surface area contributed by atoms with E-state index in [0.29, 0.717) is 17.6 Å². The van der Waals surface area contributed by atoms with Crippen LogP contribution in [0.5, 0.6) is 0 Å². The summed E-state index contributed by atoms with van der Waals surface area (Å²) in [5.41, 5.74) is 5.58.